The Labute approximate surface area is 158 Å². The monoisotopic (exact) mass is 375 g/mol. The molecule has 26 heavy (non-hydrogen) atoms. The molecule has 4 rings (SSSR count). The van der Waals surface area contributed by atoms with Crippen molar-refractivity contribution >= 4 is 29.1 Å². The minimum atomic E-state index is 0.0128. The van der Waals surface area contributed by atoms with Gasteiger partial charge in [0.1, 0.15) is 0 Å². The highest BCUT2D eigenvalue weighted by molar-refractivity contribution is 6.30. The smallest absolute Gasteiger partial charge is 0.231 e. The van der Waals surface area contributed by atoms with E-state index in [4.69, 9.17) is 11.6 Å². The van der Waals surface area contributed by atoms with Crippen LogP contribution in [-0.4, -0.2) is 40.1 Å². The number of carbonyl (C=O) groups is 1. The van der Waals surface area contributed by atoms with E-state index in [1.807, 2.05) is 22.7 Å². The molecule has 2 aromatic rings. The fourth-order valence-electron chi connectivity index (χ4n) is 4.22. The van der Waals surface area contributed by atoms with Gasteiger partial charge in [0.2, 0.25) is 11.9 Å². The Morgan fingerprint density at radius 1 is 1.15 bits per heavy atom. The van der Waals surface area contributed by atoms with Crippen molar-refractivity contribution in [3.8, 4) is 0 Å². The van der Waals surface area contributed by atoms with Gasteiger partial charge in [-0.1, -0.05) is 30.9 Å². The molecule has 0 bridgehead atoms. The van der Waals surface area contributed by atoms with Crippen LogP contribution in [0.1, 0.15) is 44.9 Å². The van der Waals surface area contributed by atoms with Gasteiger partial charge in [-0.15, -0.1) is 10.2 Å². The van der Waals surface area contributed by atoms with Crippen LogP contribution in [0, 0.1) is 11.8 Å². The van der Waals surface area contributed by atoms with Gasteiger partial charge in [0, 0.05) is 25.8 Å². The zero-order chi connectivity index (χ0) is 17.9. The molecule has 1 saturated heterocycles. The second-order valence-electron chi connectivity index (χ2n) is 7.61. The molecular weight excluding hydrogens is 350 g/mol. The van der Waals surface area contributed by atoms with Crippen molar-refractivity contribution in [3.63, 3.8) is 0 Å². The number of nitrogens with one attached hydrogen (secondary N) is 1. The lowest BCUT2D eigenvalue weighted by Gasteiger charge is -2.32. The molecule has 2 fully saturated rings. The molecule has 1 aliphatic heterocycles. The average Bonchev–Trinajstić information content (AvgIpc) is 3.10. The van der Waals surface area contributed by atoms with Crippen LogP contribution in [0.3, 0.4) is 0 Å². The zero-order valence-electron chi connectivity index (χ0n) is 15.0. The molecule has 0 unspecified atom stereocenters. The normalized spacial score (nSPS) is 21.9. The maximum absolute atomic E-state index is 12.7. The van der Waals surface area contributed by atoms with Crippen molar-refractivity contribution in [1.29, 1.82) is 0 Å². The Balaban J connectivity index is 1.40. The van der Waals surface area contributed by atoms with Gasteiger partial charge >= 0.3 is 0 Å². The quantitative estimate of drug-likeness (QED) is 0.890. The predicted octanol–water partition coefficient (Wildman–Crippen LogP) is 3.30. The lowest BCUT2D eigenvalue weighted by molar-refractivity contribution is -0.125. The minimum absolute atomic E-state index is 0.0128. The molecule has 3 heterocycles. The number of rotatable bonds is 4. The van der Waals surface area contributed by atoms with Gasteiger partial charge in [-0.3, -0.25) is 9.20 Å². The van der Waals surface area contributed by atoms with Crippen molar-refractivity contribution in [2.45, 2.75) is 44.9 Å². The van der Waals surface area contributed by atoms with E-state index in [1.165, 1.54) is 32.1 Å². The van der Waals surface area contributed by atoms with Crippen LogP contribution in [0.15, 0.2) is 18.3 Å². The Kier molecular flexibility index (Phi) is 5.29. The number of hydrogen-bond donors (Lipinski definition) is 1. The first-order valence-electron chi connectivity index (χ1n) is 9.73. The molecule has 1 amide bonds. The summed E-state index contributed by atoms with van der Waals surface area (Å²) in [5.41, 5.74) is 0.772. The summed E-state index contributed by atoms with van der Waals surface area (Å²) in [6.45, 7) is 2.41. The van der Waals surface area contributed by atoms with Crippen LogP contribution >= 0.6 is 11.6 Å². The van der Waals surface area contributed by atoms with Crippen molar-refractivity contribution in [3.05, 3.63) is 23.4 Å². The van der Waals surface area contributed by atoms with Gasteiger partial charge in [-0.05, 0) is 43.7 Å². The molecule has 0 spiro atoms. The van der Waals surface area contributed by atoms with Gasteiger partial charge in [0.25, 0.3) is 0 Å². The van der Waals surface area contributed by atoms with Crippen molar-refractivity contribution in [2.24, 2.45) is 11.8 Å². The molecule has 7 heteroatoms. The molecule has 1 N–H and O–H groups in total. The van der Waals surface area contributed by atoms with Crippen molar-refractivity contribution in [2.75, 3.05) is 24.5 Å². The van der Waals surface area contributed by atoms with E-state index >= 15 is 0 Å². The van der Waals surface area contributed by atoms with E-state index < -0.39 is 0 Å². The maximum Gasteiger partial charge on any atom is 0.231 e. The second kappa shape index (κ2) is 7.82. The Morgan fingerprint density at radius 2 is 2.00 bits per heavy atom. The summed E-state index contributed by atoms with van der Waals surface area (Å²) >= 11 is 6.12. The number of amides is 1. The first-order valence-corrected chi connectivity index (χ1v) is 10.1. The van der Waals surface area contributed by atoms with E-state index in [1.54, 1.807) is 0 Å². The fraction of sp³-hybridized carbons (Fsp3) is 0.632. The molecule has 0 aromatic carbocycles. The molecule has 0 radical (unpaired) electrons. The number of nitrogens with zero attached hydrogens (tertiary/aromatic N) is 4. The highest BCUT2D eigenvalue weighted by Gasteiger charge is 2.28. The first-order chi connectivity index (χ1) is 12.7. The largest absolute Gasteiger partial charge is 0.356 e. The Morgan fingerprint density at radius 3 is 2.85 bits per heavy atom. The molecule has 1 atom stereocenters. The molecule has 140 valence electrons. The van der Waals surface area contributed by atoms with Gasteiger partial charge < -0.3 is 10.2 Å². The van der Waals surface area contributed by atoms with E-state index in [-0.39, 0.29) is 11.8 Å². The van der Waals surface area contributed by atoms with Crippen LogP contribution < -0.4 is 10.2 Å². The Bertz CT molecular complexity index is 770. The van der Waals surface area contributed by atoms with Crippen molar-refractivity contribution < 1.29 is 4.79 Å². The molecule has 2 aliphatic rings. The number of halogens is 1. The third-order valence-electron chi connectivity index (χ3n) is 5.71. The highest BCUT2D eigenvalue weighted by Crippen LogP contribution is 2.25. The number of aromatic nitrogens is 3. The van der Waals surface area contributed by atoms with Crippen LogP contribution in [-0.2, 0) is 4.79 Å². The zero-order valence-corrected chi connectivity index (χ0v) is 15.8. The number of piperidine rings is 1. The Hall–Kier alpha value is -1.82. The first kappa shape index (κ1) is 17.6. The highest BCUT2D eigenvalue weighted by atomic mass is 35.5. The van der Waals surface area contributed by atoms with E-state index in [0.29, 0.717) is 17.5 Å². The fourth-order valence-corrected chi connectivity index (χ4v) is 4.38. The lowest BCUT2D eigenvalue weighted by Crippen LogP contribution is -2.44. The molecule has 1 saturated carbocycles. The second-order valence-corrected chi connectivity index (χ2v) is 8.05. The van der Waals surface area contributed by atoms with Crippen LogP contribution in [0.4, 0.5) is 5.95 Å². The summed E-state index contributed by atoms with van der Waals surface area (Å²) in [5.74, 6) is 1.63. The minimum Gasteiger partial charge on any atom is -0.356 e. The maximum atomic E-state index is 12.7. The van der Waals surface area contributed by atoms with Gasteiger partial charge in [0.15, 0.2) is 5.65 Å². The summed E-state index contributed by atoms with van der Waals surface area (Å²) in [4.78, 5) is 14.8. The number of carbonyl (C=O) groups excluding carboxylic acids is 1. The van der Waals surface area contributed by atoms with Crippen LogP contribution in [0.5, 0.6) is 0 Å². The number of fused-ring (bicyclic) bond motifs is 1. The summed E-state index contributed by atoms with van der Waals surface area (Å²) in [6.07, 6.45) is 10.2. The third-order valence-corrected chi connectivity index (χ3v) is 5.94. The summed E-state index contributed by atoms with van der Waals surface area (Å²) < 4.78 is 1.91. The average molecular weight is 376 g/mol. The third kappa shape index (κ3) is 3.80. The van der Waals surface area contributed by atoms with E-state index in [2.05, 4.69) is 20.4 Å². The summed E-state index contributed by atoms with van der Waals surface area (Å²) in [5, 5.41) is 12.4. The van der Waals surface area contributed by atoms with Gasteiger partial charge in [-0.25, -0.2) is 0 Å². The molecule has 2 aromatic heterocycles. The standard InChI is InChI=1S/C19H26ClN5O/c20-16-8-9-17-22-23-19(25(17)13-16)24-10-4-7-15(12-24)18(26)21-11-14-5-2-1-3-6-14/h8-9,13-15H,1-7,10-12H2,(H,21,26)/t15-/m0/s1. The lowest BCUT2D eigenvalue weighted by atomic mass is 9.89. The van der Waals surface area contributed by atoms with Gasteiger partial charge in [-0.2, -0.15) is 0 Å². The molecule has 6 nitrogen and oxygen atoms in total. The molecular formula is C19H26ClN5O. The predicted molar refractivity (Wildman–Crippen MR) is 103 cm³/mol. The number of anilines is 1. The SMILES string of the molecule is O=C(NCC1CCCCC1)[C@H]1CCCN(c2nnc3ccc(Cl)cn23)C1. The van der Waals surface area contributed by atoms with Crippen molar-refractivity contribution in [1.82, 2.24) is 19.9 Å². The summed E-state index contributed by atoms with van der Waals surface area (Å²) in [7, 11) is 0. The number of hydrogen-bond acceptors (Lipinski definition) is 4. The van der Waals surface area contributed by atoms with Crippen LogP contribution in [0.25, 0.3) is 5.65 Å². The van der Waals surface area contributed by atoms with E-state index in [0.717, 1.165) is 37.5 Å². The topological polar surface area (TPSA) is 62.5 Å². The van der Waals surface area contributed by atoms with E-state index in [9.17, 15) is 4.79 Å². The number of pyridine rings is 1. The van der Waals surface area contributed by atoms with Crippen LogP contribution in [0.2, 0.25) is 5.02 Å². The summed E-state index contributed by atoms with van der Waals surface area (Å²) in [6, 6.07) is 3.67. The van der Waals surface area contributed by atoms with Gasteiger partial charge in [0.05, 0.1) is 10.9 Å². The molecule has 1 aliphatic carbocycles.